The van der Waals surface area contributed by atoms with Crippen molar-refractivity contribution in [1.82, 2.24) is 9.66 Å². The minimum absolute atomic E-state index is 0.0612. The van der Waals surface area contributed by atoms with E-state index in [0.717, 1.165) is 17.1 Å². The van der Waals surface area contributed by atoms with Gasteiger partial charge in [-0.15, -0.1) is 0 Å². The summed E-state index contributed by atoms with van der Waals surface area (Å²) in [6, 6.07) is 6.17. The van der Waals surface area contributed by atoms with E-state index >= 15 is 0 Å². The number of aromatic amines is 1. The summed E-state index contributed by atoms with van der Waals surface area (Å²) in [4.78, 5) is 13.1. The van der Waals surface area contributed by atoms with Crippen LogP contribution in [-0.4, -0.2) is 14.6 Å². The van der Waals surface area contributed by atoms with E-state index in [0.29, 0.717) is 4.77 Å². The number of anilines is 1. The molecule has 0 saturated heterocycles. The molecule has 0 aliphatic rings. The summed E-state index contributed by atoms with van der Waals surface area (Å²) in [5.41, 5.74) is 5.83. The van der Waals surface area contributed by atoms with Gasteiger partial charge in [0.1, 0.15) is 0 Å². The predicted molar refractivity (Wildman–Crippen MR) is 71.2 cm³/mol. The molecule has 1 aromatic heterocycles. The van der Waals surface area contributed by atoms with Gasteiger partial charge in [-0.1, -0.05) is 0 Å². The molecule has 2 N–H and O–H groups in total. The van der Waals surface area contributed by atoms with Crippen molar-refractivity contribution in [1.29, 1.82) is 0 Å². The van der Waals surface area contributed by atoms with Crippen LogP contribution in [0.15, 0.2) is 24.3 Å². The van der Waals surface area contributed by atoms with E-state index in [1.165, 1.54) is 12.1 Å². The number of nitro groups is 1. The van der Waals surface area contributed by atoms with E-state index in [9.17, 15) is 10.1 Å². The number of non-ortho nitro benzene ring substituents is 1. The van der Waals surface area contributed by atoms with Crippen molar-refractivity contribution < 1.29 is 4.92 Å². The first-order valence-electron chi connectivity index (χ1n) is 5.29. The van der Waals surface area contributed by atoms with Crippen molar-refractivity contribution in [2.24, 2.45) is 0 Å². The molecule has 0 saturated carbocycles. The average molecular weight is 264 g/mol. The minimum atomic E-state index is -0.429. The number of nitrogens with zero attached hydrogens (tertiary/aromatic N) is 2. The third-order valence-corrected chi connectivity index (χ3v) is 2.98. The summed E-state index contributed by atoms with van der Waals surface area (Å²) in [7, 11) is 0. The molecule has 0 bridgehead atoms. The Hall–Kier alpha value is -2.15. The van der Waals surface area contributed by atoms with E-state index in [2.05, 4.69) is 10.4 Å². The number of benzene rings is 1. The molecule has 1 heterocycles. The van der Waals surface area contributed by atoms with Crippen LogP contribution in [0.3, 0.4) is 0 Å². The topological polar surface area (TPSA) is 75.9 Å². The Morgan fingerprint density at radius 2 is 1.94 bits per heavy atom. The Labute approximate surface area is 108 Å². The second-order valence-corrected chi connectivity index (χ2v) is 4.28. The summed E-state index contributed by atoms with van der Waals surface area (Å²) in [5.74, 6) is 0. The molecule has 7 heteroatoms. The smallest absolute Gasteiger partial charge is 0.269 e. The number of hydrogen-bond acceptors (Lipinski definition) is 4. The fraction of sp³-hybridized carbons (Fsp3) is 0.182. The van der Waals surface area contributed by atoms with Gasteiger partial charge in [-0.25, -0.2) is 4.68 Å². The van der Waals surface area contributed by atoms with Crippen LogP contribution in [-0.2, 0) is 0 Å². The monoisotopic (exact) mass is 264 g/mol. The zero-order chi connectivity index (χ0) is 13.3. The highest BCUT2D eigenvalue weighted by Gasteiger charge is 2.06. The molecule has 94 valence electrons. The van der Waals surface area contributed by atoms with Gasteiger partial charge in [0.2, 0.25) is 0 Å². The van der Waals surface area contributed by atoms with E-state index < -0.39 is 4.92 Å². The Balaban J connectivity index is 2.29. The number of rotatable bonds is 3. The van der Waals surface area contributed by atoms with Gasteiger partial charge in [-0.05, 0) is 38.2 Å². The van der Waals surface area contributed by atoms with E-state index in [1.54, 1.807) is 16.8 Å². The van der Waals surface area contributed by atoms with Crippen molar-refractivity contribution in [2.45, 2.75) is 13.8 Å². The molecule has 2 aromatic rings. The van der Waals surface area contributed by atoms with E-state index in [4.69, 9.17) is 12.2 Å². The SMILES string of the molecule is Cc1[nH]c(=S)n(Nc2ccc([N+](=O)[O-])cc2)c1C. The van der Waals surface area contributed by atoms with Crippen LogP contribution in [0.1, 0.15) is 11.4 Å². The Kier molecular flexibility index (Phi) is 3.15. The van der Waals surface area contributed by atoms with Gasteiger partial charge in [0.05, 0.1) is 16.3 Å². The van der Waals surface area contributed by atoms with Gasteiger partial charge in [0, 0.05) is 17.8 Å². The summed E-state index contributed by atoms with van der Waals surface area (Å²) in [6.07, 6.45) is 0. The van der Waals surface area contributed by atoms with Crippen LogP contribution in [0.4, 0.5) is 11.4 Å². The molecule has 0 amide bonds. The summed E-state index contributed by atoms with van der Waals surface area (Å²) in [5, 5.41) is 10.5. The van der Waals surface area contributed by atoms with Crippen LogP contribution in [0.5, 0.6) is 0 Å². The van der Waals surface area contributed by atoms with E-state index in [1.807, 2.05) is 13.8 Å². The van der Waals surface area contributed by atoms with Crippen LogP contribution in [0, 0.1) is 28.7 Å². The highest BCUT2D eigenvalue weighted by molar-refractivity contribution is 7.71. The maximum absolute atomic E-state index is 10.5. The fourth-order valence-corrected chi connectivity index (χ4v) is 1.88. The largest absolute Gasteiger partial charge is 0.333 e. The Morgan fingerprint density at radius 3 is 2.39 bits per heavy atom. The van der Waals surface area contributed by atoms with Gasteiger partial charge in [0.15, 0.2) is 4.77 Å². The van der Waals surface area contributed by atoms with Crippen molar-refractivity contribution in [3.8, 4) is 0 Å². The Bertz CT molecular complexity index is 642. The lowest BCUT2D eigenvalue weighted by Crippen LogP contribution is -2.10. The lowest BCUT2D eigenvalue weighted by molar-refractivity contribution is -0.384. The zero-order valence-corrected chi connectivity index (χ0v) is 10.7. The molecule has 18 heavy (non-hydrogen) atoms. The normalized spacial score (nSPS) is 10.3. The number of hydrogen-bond donors (Lipinski definition) is 2. The molecule has 0 atom stereocenters. The molecule has 1 aromatic carbocycles. The summed E-state index contributed by atoms with van der Waals surface area (Å²) in [6.45, 7) is 3.86. The molecule has 0 fully saturated rings. The molecule has 0 spiro atoms. The first kappa shape index (κ1) is 12.3. The third kappa shape index (κ3) is 2.25. The van der Waals surface area contributed by atoms with E-state index in [-0.39, 0.29) is 5.69 Å². The molecule has 6 nitrogen and oxygen atoms in total. The summed E-state index contributed by atoms with van der Waals surface area (Å²) >= 11 is 5.16. The predicted octanol–water partition coefficient (Wildman–Crippen LogP) is 2.95. The number of aromatic nitrogens is 2. The van der Waals surface area contributed by atoms with Crippen molar-refractivity contribution in [3.63, 3.8) is 0 Å². The quantitative estimate of drug-likeness (QED) is 0.507. The van der Waals surface area contributed by atoms with Gasteiger partial charge >= 0.3 is 0 Å². The maximum Gasteiger partial charge on any atom is 0.269 e. The number of imidazole rings is 1. The molecule has 0 aliphatic heterocycles. The second-order valence-electron chi connectivity index (χ2n) is 3.89. The van der Waals surface area contributed by atoms with Crippen LogP contribution >= 0.6 is 12.2 Å². The molecular formula is C11H12N4O2S. The fourth-order valence-electron chi connectivity index (χ4n) is 1.55. The van der Waals surface area contributed by atoms with Crippen LogP contribution in [0.2, 0.25) is 0 Å². The Morgan fingerprint density at radius 1 is 1.33 bits per heavy atom. The average Bonchev–Trinajstić information content (AvgIpc) is 2.57. The van der Waals surface area contributed by atoms with Gasteiger partial charge in [0.25, 0.3) is 5.69 Å². The third-order valence-electron chi connectivity index (χ3n) is 2.69. The first-order chi connectivity index (χ1) is 8.49. The molecule has 2 rings (SSSR count). The van der Waals surface area contributed by atoms with Gasteiger partial charge in [-0.3, -0.25) is 15.5 Å². The highest BCUT2D eigenvalue weighted by atomic mass is 32.1. The number of H-pyrrole nitrogens is 1. The minimum Gasteiger partial charge on any atom is -0.333 e. The van der Waals surface area contributed by atoms with Gasteiger partial charge in [-0.2, -0.15) is 0 Å². The molecular weight excluding hydrogens is 252 g/mol. The number of nitrogens with one attached hydrogen (secondary N) is 2. The molecule has 0 radical (unpaired) electrons. The standard InChI is InChI=1S/C11H12N4O2S/c1-7-8(2)14(11(18)12-7)13-9-3-5-10(6-4-9)15(16)17/h3-6,13H,1-2H3,(H,12,18). The van der Waals surface area contributed by atoms with Crippen LogP contribution < -0.4 is 5.43 Å². The highest BCUT2D eigenvalue weighted by Crippen LogP contribution is 2.16. The molecule has 0 unspecified atom stereocenters. The zero-order valence-electron chi connectivity index (χ0n) is 9.93. The van der Waals surface area contributed by atoms with Crippen molar-refractivity contribution in [2.75, 3.05) is 5.43 Å². The lowest BCUT2D eigenvalue weighted by Gasteiger charge is -2.09. The second kappa shape index (κ2) is 4.61. The number of nitro benzene ring substituents is 1. The van der Waals surface area contributed by atoms with Crippen molar-refractivity contribution in [3.05, 3.63) is 50.5 Å². The molecule has 0 aliphatic carbocycles. The van der Waals surface area contributed by atoms with Crippen LogP contribution in [0.25, 0.3) is 0 Å². The number of aryl methyl sites for hydroxylation is 1. The van der Waals surface area contributed by atoms with Gasteiger partial charge < -0.3 is 4.98 Å². The summed E-state index contributed by atoms with van der Waals surface area (Å²) < 4.78 is 2.29. The lowest BCUT2D eigenvalue weighted by atomic mass is 10.3. The first-order valence-corrected chi connectivity index (χ1v) is 5.69. The maximum atomic E-state index is 10.5. The van der Waals surface area contributed by atoms with Crippen molar-refractivity contribution >= 4 is 23.6 Å².